The molecular formula is C18H25N5O6. The fourth-order valence-corrected chi connectivity index (χ4v) is 2.62. The van der Waals surface area contributed by atoms with Gasteiger partial charge in [0, 0.05) is 33.4 Å². The van der Waals surface area contributed by atoms with Crippen molar-refractivity contribution in [2.45, 2.75) is 0 Å². The van der Waals surface area contributed by atoms with Gasteiger partial charge < -0.3 is 29.2 Å². The van der Waals surface area contributed by atoms with Gasteiger partial charge in [0.25, 0.3) is 0 Å². The molecule has 0 saturated carbocycles. The summed E-state index contributed by atoms with van der Waals surface area (Å²) in [5.41, 5.74) is 0.249. The van der Waals surface area contributed by atoms with Crippen molar-refractivity contribution in [3.63, 3.8) is 0 Å². The Kier molecular flexibility index (Phi) is 8.37. The third-order valence-corrected chi connectivity index (χ3v) is 4.08. The first kappa shape index (κ1) is 22.1. The zero-order chi connectivity index (χ0) is 21.2. The summed E-state index contributed by atoms with van der Waals surface area (Å²) in [7, 11) is 6.16. The van der Waals surface area contributed by atoms with Crippen molar-refractivity contribution < 1.29 is 23.9 Å². The molecule has 2 aromatic rings. The van der Waals surface area contributed by atoms with Gasteiger partial charge in [-0.25, -0.2) is 9.97 Å². The summed E-state index contributed by atoms with van der Waals surface area (Å²) in [6, 6.07) is 5.07. The van der Waals surface area contributed by atoms with Crippen LogP contribution < -0.4 is 19.7 Å². The molecule has 0 unspecified atom stereocenters. The zero-order valence-corrected chi connectivity index (χ0v) is 16.9. The van der Waals surface area contributed by atoms with Crippen molar-refractivity contribution in [2.75, 3.05) is 65.0 Å². The second-order valence-electron chi connectivity index (χ2n) is 5.82. The van der Waals surface area contributed by atoms with Gasteiger partial charge in [0.2, 0.25) is 11.6 Å². The number of nitrogens with zero attached hydrogens (tertiary/aromatic N) is 4. The van der Waals surface area contributed by atoms with E-state index in [0.29, 0.717) is 43.5 Å². The smallest absolute Gasteiger partial charge is 0.353 e. The van der Waals surface area contributed by atoms with Gasteiger partial charge in [-0.3, -0.25) is 10.1 Å². The van der Waals surface area contributed by atoms with E-state index in [0.717, 1.165) is 0 Å². The molecule has 29 heavy (non-hydrogen) atoms. The SMILES string of the molecule is COCCN(CCOC)c1ncnc(Nc2ccc(OC)cc2OC)c1[N+](=O)[O-]. The van der Waals surface area contributed by atoms with Crippen molar-refractivity contribution in [2.24, 2.45) is 0 Å². The van der Waals surface area contributed by atoms with E-state index < -0.39 is 4.92 Å². The van der Waals surface area contributed by atoms with Gasteiger partial charge in [-0.05, 0) is 12.1 Å². The molecule has 1 aromatic heterocycles. The number of hydrogen-bond acceptors (Lipinski definition) is 10. The van der Waals surface area contributed by atoms with E-state index in [9.17, 15) is 10.1 Å². The maximum absolute atomic E-state index is 11.9. The molecule has 11 heteroatoms. The Hall–Kier alpha value is -3.18. The van der Waals surface area contributed by atoms with Gasteiger partial charge >= 0.3 is 5.69 Å². The number of nitro groups is 1. The van der Waals surface area contributed by atoms with Crippen LogP contribution in [-0.2, 0) is 9.47 Å². The highest BCUT2D eigenvalue weighted by molar-refractivity contribution is 5.76. The minimum atomic E-state index is -0.514. The van der Waals surface area contributed by atoms with E-state index in [1.807, 2.05) is 0 Å². The predicted molar refractivity (Wildman–Crippen MR) is 107 cm³/mol. The minimum Gasteiger partial charge on any atom is -0.497 e. The maximum Gasteiger partial charge on any atom is 0.353 e. The van der Waals surface area contributed by atoms with E-state index in [4.69, 9.17) is 18.9 Å². The van der Waals surface area contributed by atoms with Crippen LogP contribution in [0.3, 0.4) is 0 Å². The Labute approximate surface area is 168 Å². The number of anilines is 3. The first-order valence-electron chi connectivity index (χ1n) is 8.77. The van der Waals surface area contributed by atoms with Crippen LogP contribution in [0.4, 0.5) is 23.0 Å². The van der Waals surface area contributed by atoms with Crippen LogP contribution in [-0.4, -0.2) is 69.6 Å². The lowest BCUT2D eigenvalue weighted by Gasteiger charge is -2.23. The standard InChI is InChI=1S/C18H25N5O6/c1-26-9-7-22(8-10-27-2)18-16(23(24)25)17(19-12-20-18)21-14-6-5-13(28-3)11-15(14)29-4/h5-6,11-12H,7-10H2,1-4H3,(H,19,20,21). The molecule has 0 aliphatic carbocycles. The van der Waals surface area contributed by atoms with Crippen molar-refractivity contribution in [3.05, 3.63) is 34.6 Å². The average molecular weight is 407 g/mol. The molecule has 0 aliphatic rings. The molecule has 0 atom stereocenters. The summed E-state index contributed by atoms with van der Waals surface area (Å²) in [6.45, 7) is 1.56. The second-order valence-corrected chi connectivity index (χ2v) is 5.82. The summed E-state index contributed by atoms with van der Waals surface area (Å²) < 4.78 is 20.7. The Morgan fingerprint density at radius 3 is 2.31 bits per heavy atom. The highest BCUT2D eigenvalue weighted by atomic mass is 16.6. The summed E-state index contributed by atoms with van der Waals surface area (Å²) in [4.78, 5) is 21.3. The third-order valence-electron chi connectivity index (χ3n) is 4.08. The highest BCUT2D eigenvalue weighted by Gasteiger charge is 2.27. The Morgan fingerprint density at radius 1 is 1.07 bits per heavy atom. The summed E-state index contributed by atoms with van der Waals surface area (Å²) in [5, 5.41) is 14.9. The molecule has 0 amide bonds. The minimum absolute atomic E-state index is 0.0447. The highest BCUT2D eigenvalue weighted by Crippen LogP contribution is 2.37. The molecule has 2 rings (SSSR count). The maximum atomic E-state index is 11.9. The first-order chi connectivity index (χ1) is 14.0. The predicted octanol–water partition coefficient (Wildman–Crippen LogP) is 2.24. The lowest BCUT2D eigenvalue weighted by atomic mass is 10.2. The van der Waals surface area contributed by atoms with Crippen LogP contribution in [0, 0.1) is 10.1 Å². The topological polar surface area (TPSA) is 121 Å². The molecule has 1 heterocycles. The Bertz CT molecular complexity index is 811. The zero-order valence-electron chi connectivity index (χ0n) is 16.9. The van der Waals surface area contributed by atoms with Crippen LogP contribution in [0.5, 0.6) is 11.5 Å². The van der Waals surface area contributed by atoms with Crippen LogP contribution in [0.15, 0.2) is 24.5 Å². The van der Waals surface area contributed by atoms with Gasteiger partial charge in [-0.15, -0.1) is 0 Å². The number of hydrogen-bond donors (Lipinski definition) is 1. The number of aromatic nitrogens is 2. The molecular weight excluding hydrogens is 382 g/mol. The van der Waals surface area contributed by atoms with Gasteiger partial charge in [0.05, 0.1) is 38.0 Å². The van der Waals surface area contributed by atoms with Gasteiger partial charge in [-0.2, -0.15) is 0 Å². The fraction of sp³-hybridized carbons (Fsp3) is 0.444. The van der Waals surface area contributed by atoms with Crippen molar-refractivity contribution >= 4 is 23.0 Å². The van der Waals surface area contributed by atoms with E-state index in [2.05, 4.69) is 15.3 Å². The molecule has 0 fully saturated rings. The molecule has 0 aliphatic heterocycles. The summed E-state index contributed by atoms with van der Waals surface area (Å²) in [6.07, 6.45) is 1.27. The van der Waals surface area contributed by atoms with E-state index in [1.54, 1.807) is 37.3 Å². The molecule has 0 saturated heterocycles. The molecule has 1 aromatic carbocycles. The number of ether oxygens (including phenoxy) is 4. The van der Waals surface area contributed by atoms with Gasteiger partial charge in [0.1, 0.15) is 17.8 Å². The molecule has 1 N–H and O–H groups in total. The van der Waals surface area contributed by atoms with Crippen LogP contribution >= 0.6 is 0 Å². The largest absolute Gasteiger partial charge is 0.497 e. The molecule has 0 radical (unpaired) electrons. The second kappa shape index (κ2) is 11.0. The van der Waals surface area contributed by atoms with Crippen LogP contribution in [0.25, 0.3) is 0 Å². The Balaban J connectivity index is 2.45. The van der Waals surface area contributed by atoms with Crippen molar-refractivity contribution in [1.82, 2.24) is 9.97 Å². The fourth-order valence-electron chi connectivity index (χ4n) is 2.62. The monoisotopic (exact) mass is 407 g/mol. The number of methoxy groups -OCH3 is 4. The number of rotatable bonds is 12. The number of nitrogens with one attached hydrogen (secondary N) is 1. The summed E-state index contributed by atoms with van der Waals surface area (Å²) in [5.74, 6) is 1.27. The van der Waals surface area contributed by atoms with Gasteiger partial charge in [-0.1, -0.05) is 0 Å². The molecule has 0 bridgehead atoms. The number of benzene rings is 1. The lowest BCUT2D eigenvalue weighted by molar-refractivity contribution is -0.383. The average Bonchev–Trinajstić information content (AvgIpc) is 2.73. The first-order valence-corrected chi connectivity index (χ1v) is 8.77. The normalized spacial score (nSPS) is 10.5. The third kappa shape index (κ3) is 5.65. The lowest BCUT2D eigenvalue weighted by Crippen LogP contribution is -2.32. The van der Waals surface area contributed by atoms with E-state index in [1.165, 1.54) is 20.5 Å². The van der Waals surface area contributed by atoms with Crippen molar-refractivity contribution in [1.29, 1.82) is 0 Å². The Morgan fingerprint density at radius 2 is 1.76 bits per heavy atom. The van der Waals surface area contributed by atoms with Gasteiger partial charge in [0.15, 0.2) is 0 Å². The molecule has 0 spiro atoms. The molecule has 158 valence electrons. The van der Waals surface area contributed by atoms with Crippen LogP contribution in [0.1, 0.15) is 0 Å². The van der Waals surface area contributed by atoms with Crippen molar-refractivity contribution in [3.8, 4) is 11.5 Å². The molecule has 11 nitrogen and oxygen atoms in total. The quantitative estimate of drug-likeness (QED) is 0.414. The van der Waals surface area contributed by atoms with E-state index >= 15 is 0 Å². The summed E-state index contributed by atoms with van der Waals surface area (Å²) >= 11 is 0. The van der Waals surface area contributed by atoms with E-state index in [-0.39, 0.29) is 17.3 Å². The van der Waals surface area contributed by atoms with Crippen LogP contribution in [0.2, 0.25) is 0 Å².